The molecule has 0 spiro atoms. The first-order valence-electron chi connectivity index (χ1n) is 10.2. The van der Waals surface area contributed by atoms with Crippen molar-refractivity contribution in [3.63, 3.8) is 0 Å². The summed E-state index contributed by atoms with van der Waals surface area (Å²) in [6, 6.07) is 7.20. The van der Waals surface area contributed by atoms with Gasteiger partial charge in [0, 0.05) is 22.5 Å². The predicted molar refractivity (Wildman–Crippen MR) is 147 cm³/mol. The third kappa shape index (κ3) is 7.10. The minimum Gasteiger partial charge on any atom is -0.324 e. The van der Waals surface area contributed by atoms with Crippen LogP contribution in [-0.4, -0.2) is 55.8 Å². The van der Waals surface area contributed by atoms with E-state index in [-0.39, 0.29) is 61.1 Å². The molecule has 0 amide bonds. The van der Waals surface area contributed by atoms with Crippen molar-refractivity contribution in [1.82, 2.24) is 29.9 Å². The van der Waals surface area contributed by atoms with E-state index < -0.39 is 30.0 Å². The normalized spacial score (nSPS) is 11.8. The van der Waals surface area contributed by atoms with E-state index in [4.69, 9.17) is 46.4 Å². The molecule has 0 unspecified atom stereocenters. The smallest absolute Gasteiger partial charge is 0.295 e. The van der Waals surface area contributed by atoms with Crippen LogP contribution >= 0.6 is 46.4 Å². The maximum Gasteiger partial charge on any atom is 0.295 e. The van der Waals surface area contributed by atoms with Crippen LogP contribution in [0.1, 0.15) is 11.1 Å². The van der Waals surface area contributed by atoms with E-state index in [0.717, 1.165) is 12.1 Å². The zero-order valence-electron chi connectivity index (χ0n) is 19.2. The second-order valence-corrected chi connectivity index (χ2v) is 11.6. The topological polar surface area (TPSA) is 210 Å². The van der Waals surface area contributed by atoms with Gasteiger partial charge in [0.15, 0.2) is 0 Å². The van der Waals surface area contributed by atoms with Crippen molar-refractivity contribution in [2.45, 2.75) is 9.79 Å². The second kappa shape index (κ2) is 11.3. The van der Waals surface area contributed by atoms with E-state index in [2.05, 4.69) is 47.1 Å². The van der Waals surface area contributed by atoms with E-state index in [0.29, 0.717) is 0 Å². The first kappa shape index (κ1) is 29.8. The molecule has 0 aliphatic rings. The molecular formula is C20H12Cl4N8O6S2. The summed E-state index contributed by atoms with van der Waals surface area (Å²) in [6.07, 6.45) is 0. The van der Waals surface area contributed by atoms with Crippen LogP contribution in [-0.2, 0) is 20.2 Å². The zero-order chi connectivity index (χ0) is 29.4. The molecule has 4 rings (SSSR count). The fraction of sp³-hybridized carbons (Fsp3) is 0. The third-order valence-corrected chi connectivity index (χ3v) is 7.31. The Kier molecular flexibility index (Phi) is 8.44. The minimum absolute atomic E-state index is 0.0757. The van der Waals surface area contributed by atoms with Gasteiger partial charge in [0.2, 0.25) is 33.0 Å². The molecule has 40 heavy (non-hydrogen) atoms. The largest absolute Gasteiger partial charge is 0.324 e. The average molecular weight is 666 g/mol. The van der Waals surface area contributed by atoms with Crippen LogP contribution in [0.3, 0.4) is 0 Å². The number of hydrogen-bond donors (Lipinski definition) is 4. The number of hydrogen-bond acceptors (Lipinski definition) is 12. The molecule has 0 fully saturated rings. The van der Waals surface area contributed by atoms with Gasteiger partial charge in [-0.05, 0) is 76.2 Å². The fourth-order valence-electron chi connectivity index (χ4n) is 3.29. The maximum absolute atomic E-state index is 12.3. The van der Waals surface area contributed by atoms with Crippen LogP contribution in [0.2, 0.25) is 21.1 Å². The summed E-state index contributed by atoms with van der Waals surface area (Å²) >= 11 is 23.0. The Labute approximate surface area is 246 Å². The molecule has 2 aromatic carbocycles. The molecule has 0 radical (unpaired) electrons. The highest BCUT2D eigenvalue weighted by Crippen LogP contribution is 2.35. The van der Waals surface area contributed by atoms with Crippen molar-refractivity contribution in [1.29, 1.82) is 0 Å². The van der Waals surface area contributed by atoms with Gasteiger partial charge in [0.1, 0.15) is 9.79 Å². The Morgan fingerprint density at radius 2 is 0.950 bits per heavy atom. The SMILES string of the molecule is C=C(c1ccc(Nc2nc(Cl)nc(Cl)n2)cc1S(=O)(=O)O)c1ccc(Nc2nc(Cl)nc(Cl)n2)cc1S(=O)(=O)O. The van der Waals surface area contributed by atoms with Crippen molar-refractivity contribution in [2.24, 2.45) is 0 Å². The number of halogens is 4. The van der Waals surface area contributed by atoms with Crippen LogP contribution in [0.15, 0.2) is 52.8 Å². The Hall–Kier alpha value is -3.22. The van der Waals surface area contributed by atoms with Crippen molar-refractivity contribution < 1.29 is 25.9 Å². The third-order valence-electron chi connectivity index (χ3n) is 4.84. The number of nitrogens with zero attached hydrogens (tertiary/aromatic N) is 6. The molecule has 20 heteroatoms. The van der Waals surface area contributed by atoms with E-state index in [1.54, 1.807) is 0 Å². The lowest BCUT2D eigenvalue weighted by molar-refractivity contribution is 0.481. The molecule has 0 saturated heterocycles. The highest BCUT2D eigenvalue weighted by Gasteiger charge is 2.24. The molecule has 4 aromatic rings. The van der Waals surface area contributed by atoms with Gasteiger partial charge in [0.25, 0.3) is 20.2 Å². The van der Waals surface area contributed by atoms with Crippen molar-refractivity contribution in [3.05, 3.63) is 75.2 Å². The summed E-state index contributed by atoms with van der Waals surface area (Å²) < 4.78 is 69.0. The Balaban J connectivity index is 1.76. The lowest BCUT2D eigenvalue weighted by atomic mass is 9.98. The van der Waals surface area contributed by atoms with Gasteiger partial charge >= 0.3 is 0 Å². The van der Waals surface area contributed by atoms with Crippen LogP contribution in [0, 0.1) is 0 Å². The number of nitrogens with one attached hydrogen (secondary N) is 2. The molecule has 2 aromatic heterocycles. The summed E-state index contributed by atoms with van der Waals surface area (Å²) in [5.41, 5.74) is -0.419. The summed E-state index contributed by atoms with van der Waals surface area (Å²) in [6.45, 7) is 3.79. The van der Waals surface area contributed by atoms with E-state index in [1.165, 1.54) is 24.3 Å². The molecule has 208 valence electrons. The predicted octanol–water partition coefficient (Wildman–Crippen LogP) is 4.71. The molecule has 4 N–H and O–H groups in total. The first-order valence-corrected chi connectivity index (χ1v) is 14.6. The summed E-state index contributed by atoms with van der Waals surface area (Å²) in [7, 11) is -9.80. The Morgan fingerprint density at radius 3 is 1.25 bits per heavy atom. The number of rotatable bonds is 8. The summed E-state index contributed by atoms with van der Waals surface area (Å²) in [5.74, 6) is -0.259. The Bertz CT molecular complexity index is 1720. The lowest BCUT2D eigenvalue weighted by Crippen LogP contribution is -2.08. The van der Waals surface area contributed by atoms with E-state index in [1.807, 2.05) is 0 Å². The standard InChI is InChI=1S/C20H12Cl4N8O6S2/c1-8(11-4-2-9(6-13(11)39(33,34)35)25-19-29-15(21)27-16(22)30-19)12-5-3-10(7-14(12)40(36,37)38)26-20-31-17(23)28-18(24)32-20/h2-7H,1H2,(H,33,34,35)(H,36,37,38)(H,25,27,29,30)(H,26,28,31,32). The second-order valence-electron chi connectivity index (χ2n) is 7.49. The number of anilines is 4. The van der Waals surface area contributed by atoms with Gasteiger partial charge < -0.3 is 10.6 Å². The van der Waals surface area contributed by atoms with Crippen molar-refractivity contribution >= 4 is 95.5 Å². The number of benzene rings is 2. The van der Waals surface area contributed by atoms with Gasteiger partial charge in [-0.2, -0.15) is 46.7 Å². The zero-order valence-corrected chi connectivity index (χ0v) is 23.9. The molecule has 2 heterocycles. The van der Waals surface area contributed by atoms with Crippen LogP contribution in [0.4, 0.5) is 23.3 Å². The molecule has 0 saturated carbocycles. The van der Waals surface area contributed by atoms with Gasteiger partial charge in [0.05, 0.1) is 0 Å². The van der Waals surface area contributed by atoms with Crippen molar-refractivity contribution in [2.75, 3.05) is 10.6 Å². The molecule has 0 bridgehead atoms. The van der Waals surface area contributed by atoms with Crippen LogP contribution < -0.4 is 10.6 Å². The fourth-order valence-corrected chi connectivity index (χ4v) is 5.51. The minimum atomic E-state index is -4.90. The molecular weight excluding hydrogens is 654 g/mol. The van der Waals surface area contributed by atoms with Crippen LogP contribution in [0.25, 0.3) is 5.57 Å². The van der Waals surface area contributed by atoms with Gasteiger partial charge in [-0.25, -0.2) is 0 Å². The van der Waals surface area contributed by atoms with E-state index >= 15 is 0 Å². The van der Waals surface area contributed by atoms with Crippen molar-refractivity contribution in [3.8, 4) is 0 Å². The highest BCUT2D eigenvalue weighted by atomic mass is 35.5. The summed E-state index contributed by atoms with van der Waals surface area (Å²) in [4.78, 5) is 21.1. The van der Waals surface area contributed by atoms with Crippen LogP contribution in [0.5, 0.6) is 0 Å². The quantitative estimate of drug-likeness (QED) is 0.188. The highest BCUT2D eigenvalue weighted by molar-refractivity contribution is 7.86. The Morgan fingerprint density at radius 1 is 0.625 bits per heavy atom. The molecule has 14 nitrogen and oxygen atoms in total. The van der Waals surface area contributed by atoms with E-state index in [9.17, 15) is 25.9 Å². The summed E-state index contributed by atoms with van der Waals surface area (Å²) in [5, 5.41) is 4.38. The average Bonchev–Trinajstić information content (AvgIpc) is 2.81. The first-order chi connectivity index (χ1) is 18.6. The molecule has 0 aliphatic heterocycles. The molecule has 0 atom stereocenters. The van der Waals surface area contributed by atoms with Gasteiger partial charge in [-0.1, -0.05) is 18.7 Å². The monoisotopic (exact) mass is 664 g/mol. The van der Waals surface area contributed by atoms with Gasteiger partial charge in [-0.15, -0.1) is 0 Å². The lowest BCUT2D eigenvalue weighted by Gasteiger charge is -2.16. The maximum atomic E-state index is 12.3. The molecule has 0 aliphatic carbocycles. The van der Waals surface area contributed by atoms with Gasteiger partial charge in [-0.3, -0.25) is 9.11 Å². The number of aromatic nitrogens is 6.